The van der Waals surface area contributed by atoms with Gasteiger partial charge in [-0.25, -0.2) is 4.39 Å². The van der Waals surface area contributed by atoms with E-state index >= 15 is 0 Å². The van der Waals surface area contributed by atoms with Crippen LogP contribution in [0.4, 0.5) is 4.39 Å². The van der Waals surface area contributed by atoms with E-state index in [1.54, 1.807) is 13.8 Å². The molecule has 0 fully saturated rings. The van der Waals surface area contributed by atoms with Gasteiger partial charge in [-0.3, -0.25) is 4.79 Å². The van der Waals surface area contributed by atoms with E-state index in [4.69, 9.17) is 17.3 Å². The highest BCUT2D eigenvalue weighted by Gasteiger charge is 2.15. The molecule has 0 radical (unpaired) electrons. The highest BCUT2D eigenvalue weighted by Crippen LogP contribution is 2.25. The van der Waals surface area contributed by atoms with Crippen molar-refractivity contribution in [3.63, 3.8) is 0 Å². The lowest BCUT2D eigenvalue weighted by molar-refractivity contribution is 0.0984. The minimum Gasteiger partial charge on any atom is -0.330 e. The Morgan fingerprint density at radius 2 is 2.07 bits per heavy atom. The molecule has 0 aliphatic heterocycles. The second kappa shape index (κ2) is 4.73. The molecule has 0 amide bonds. The number of ketones is 1. The Bertz CT molecular complexity index is 404. The van der Waals surface area contributed by atoms with Crippen LogP contribution in [0.2, 0.25) is 5.02 Å². The summed E-state index contributed by atoms with van der Waals surface area (Å²) in [6.45, 7) is 3.41. The molecular formula is C11H13ClFNO. The fourth-order valence-electron chi connectivity index (χ4n) is 1.40. The highest BCUT2D eigenvalue weighted by atomic mass is 35.5. The first-order valence-electron chi connectivity index (χ1n) is 4.67. The standard InChI is InChI=1S/C11H13ClFNO/c1-6-8(10(15)3-4-14)5-9(12)7(2)11(6)13/h5H,3-4,14H2,1-2H3. The zero-order valence-corrected chi connectivity index (χ0v) is 9.49. The maximum absolute atomic E-state index is 13.6. The van der Waals surface area contributed by atoms with E-state index in [0.29, 0.717) is 16.7 Å². The lowest BCUT2D eigenvalue weighted by Crippen LogP contribution is -2.10. The normalized spacial score (nSPS) is 10.5. The number of Topliss-reactive ketones (excluding diaryl/α,β-unsaturated/α-hetero) is 1. The lowest BCUT2D eigenvalue weighted by atomic mass is 9.99. The van der Waals surface area contributed by atoms with Crippen molar-refractivity contribution in [3.05, 3.63) is 33.6 Å². The Morgan fingerprint density at radius 3 is 2.60 bits per heavy atom. The molecule has 0 saturated heterocycles. The van der Waals surface area contributed by atoms with E-state index in [-0.39, 0.29) is 23.8 Å². The number of rotatable bonds is 3. The van der Waals surface area contributed by atoms with Crippen LogP contribution in [0, 0.1) is 19.7 Å². The fraction of sp³-hybridized carbons (Fsp3) is 0.364. The van der Waals surface area contributed by atoms with Crippen LogP contribution >= 0.6 is 11.6 Å². The van der Waals surface area contributed by atoms with E-state index in [1.165, 1.54) is 6.07 Å². The fourth-order valence-corrected chi connectivity index (χ4v) is 1.60. The van der Waals surface area contributed by atoms with Gasteiger partial charge >= 0.3 is 0 Å². The van der Waals surface area contributed by atoms with Gasteiger partial charge in [0.2, 0.25) is 0 Å². The van der Waals surface area contributed by atoms with Gasteiger partial charge in [0.05, 0.1) is 0 Å². The molecule has 1 rings (SSSR count). The molecule has 0 aromatic heterocycles. The first kappa shape index (κ1) is 12.1. The molecule has 0 aliphatic carbocycles. The monoisotopic (exact) mass is 229 g/mol. The lowest BCUT2D eigenvalue weighted by Gasteiger charge is -2.09. The van der Waals surface area contributed by atoms with Crippen molar-refractivity contribution >= 4 is 17.4 Å². The Kier molecular flexibility index (Phi) is 3.83. The number of carbonyl (C=O) groups excluding carboxylic acids is 1. The third-order valence-corrected chi connectivity index (χ3v) is 2.76. The van der Waals surface area contributed by atoms with Crippen molar-refractivity contribution < 1.29 is 9.18 Å². The van der Waals surface area contributed by atoms with Crippen LogP contribution in [0.1, 0.15) is 27.9 Å². The summed E-state index contributed by atoms with van der Waals surface area (Å²) < 4.78 is 13.6. The largest absolute Gasteiger partial charge is 0.330 e. The first-order chi connectivity index (χ1) is 6.99. The Hall–Kier alpha value is -0.930. The van der Waals surface area contributed by atoms with E-state index in [0.717, 1.165) is 0 Å². The summed E-state index contributed by atoms with van der Waals surface area (Å²) in [5.74, 6) is -0.585. The predicted molar refractivity (Wildman–Crippen MR) is 58.9 cm³/mol. The molecule has 2 nitrogen and oxygen atoms in total. The second-order valence-corrected chi connectivity index (χ2v) is 3.84. The number of benzene rings is 1. The Balaban J connectivity index is 3.26. The summed E-state index contributed by atoms with van der Waals surface area (Å²) >= 11 is 5.81. The van der Waals surface area contributed by atoms with E-state index in [2.05, 4.69) is 0 Å². The zero-order chi connectivity index (χ0) is 11.6. The predicted octanol–water partition coefficient (Wildman–Crippen LogP) is 2.63. The second-order valence-electron chi connectivity index (χ2n) is 3.43. The van der Waals surface area contributed by atoms with Crippen molar-refractivity contribution in [2.24, 2.45) is 5.73 Å². The van der Waals surface area contributed by atoms with E-state index < -0.39 is 5.82 Å². The van der Waals surface area contributed by atoms with Crippen LogP contribution in [-0.4, -0.2) is 12.3 Å². The molecule has 2 N–H and O–H groups in total. The van der Waals surface area contributed by atoms with Gasteiger partial charge in [0, 0.05) is 22.6 Å². The number of carbonyl (C=O) groups is 1. The SMILES string of the molecule is Cc1c(Cl)cc(C(=O)CCN)c(C)c1F. The van der Waals surface area contributed by atoms with Crippen molar-refractivity contribution in [2.45, 2.75) is 20.3 Å². The third-order valence-electron chi connectivity index (χ3n) is 2.36. The topological polar surface area (TPSA) is 43.1 Å². The van der Waals surface area contributed by atoms with Crippen LogP contribution in [0.25, 0.3) is 0 Å². The van der Waals surface area contributed by atoms with Gasteiger partial charge < -0.3 is 5.73 Å². The van der Waals surface area contributed by atoms with Gasteiger partial charge in [-0.15, -0.1) is 0 Å². The molecule has 15 heavy (non-hydrogen) atoms. The summed E-state index contributed by atoms with van der Waals surface area (Å²) in [6.07, 6.45) is 0.208. The van der Waals surface area contributed by atoms with Crippen molar-refractivity contribution in [2.75, 3.05) is 6.54 Å². The van der Waals surface area contributed by atoms with Gasteiger partial charge in [-0.2, -0.15) is 0 Å². The Labute approximate surface area is 93.2 Å². The average molecular weight is 230 g/mol. The molecule has 0 bridgehead atoms. The summed E-state index contributed by atoms with van der Waals surface area (Å²) in [6, 6.07) is 1.51. The van der Waals surface area contributed by atoms with Crippen LogP contribution in [0.15, 0.2) is 6.07 Å². The minimum absolute atomic E-state index is 0.171. The van der Waals surface area contributed by atoms with Crippen molar-refractivity contribution in [1.82, 2.24) is 0 Å². The van der Waals surface area contributed by atoms with Gasteiger partial charge in [0.25, 0.3) is 0 Å². The summed E-state index contributed by atoms with van der Waals surface area (Å²) in [5.41, 5.74) is 6.32. The van der Waals surface area contributed by atoms with Gasteiger partial charge in [0.1, 0.15) is 5.82 Å². The molecule has 0 atom stereocenters. The van der Waals surface area contributed by atoms with Crippen LogP contribution in [0.5, 0.6) is 0 Å². The van der Waals surface area contributed by atoms with Crippen molar-refractivity contribution in [3.8, 4) is 0 Å². The summed E-state index contributed by atoms with van der Waals surface area (Å²) in [4.78, 5) is 11.6. The molecule has 1 aromatic carbocycles. The van der Waals surface area contributed by atoms with Crippen LogP contribution < -0.4 is 5.73 Å². The quantitative estimate of drug-likeness (QED) is 0.810. The van der Waals surface area contributed by atoms with Gasteiger partial charge in [-0.05, 0) is 32.0 Å². The number of nitrogens with two attached hydrogens (primary N) is 1. The van der Waals surface area contributed by atoms with Crippen LogP contribution in [-0.2, 0) is 0 Å². The smallest absolute Gasteiger partial charge is 0.164 e. The van der Waals surface area contributed by atoms with Crippen molar-refractivity contribution in [1.29, 1.82) is 0 Å². The van der Waals surface area contributed by atoms with E-state index in [9.17, 15) is 9.18 Å². The summed E-state index contributed by atoms with van der Waals surface area (Å²) in [7, 11) is 0. The molecule has 1 aromatic rings. The molecule has 0 aliphatic rings. The highest BCUT2D eigenvalue weighted by molar-refractivity contribution is 6.31. The molecule has 0 spiro atoms. The third kappa shape index (κ3) is 2.36. The molecular weight excluding hydrogens is 217 g/mol. The summed E-state index contributed by atoms with van der Waals surface area (Å²) in [5, 5.41) is 0.276. The number of hydrogen-bond donors (Lipinski definition) is 1. The molecule has 82 valence electrons. The van der Waals surface area contributed by atoms with Crippen LogP contribution in [0.3, 0.4) is 0 Å². The van der Waals surface area contributed by atoms with Gasteiger partial charge in [-0.1, -0.05) is 11.6 Å². The first-order valence-corrected chi connectivity index (χ1v) is 5.05. The molecule has 0 unspecified atom stereocenters. The maximum Gasteiger partial charge on any atom is 0.164 e. The van der Waals surface area contributed by atoms with Gasteiger partial charge in [0.15, 0.2) is 5.78 Å². The molecule has 4 heteroatoms. The number of halogens is 2. The Morgan fingerprint density at radius 1 is 1.47 bits per heavy atom. The maximum atomic E-state index is 13.6. The zero-order valence-electron chi connectivity index (χ0n) is 8.73. The molecule has 0 heterocycles. The minimum atomic E-state index is -0.414. The molecule has 0 saturated carbocycles. The number of hydrogen-bond acceptors (Lipinski definition) is 2. The average Bonchev–Trinajstić information content (AvgIpc) is 2.20. The van der Waals surface area contributed by atoms with E-state index in [1.807, 2.05) is 0 Å².